The van der Waals surface area contributed by atoms with E-state index in [-0.39, 0.29) is 6.61 Å². The van der Waals surface area contributed by atoms with Gasteiger partial charge in [0.15, 0.2) is 0 Å². The van der Waals surface area contributed by atoms with Crippen LogP contribution in [-0.4, -0.2) is 20.1 Å². The Morgan fingerprint density at radius 3 is 2.79 bits per heavy atom. The SMILES string of the molecule is CC1CCCCC1CNS(=O)(=O)c1cc(CO)cs1. The van der Waals surface area contributed by atoms with Gasteiger partial charge < -0.3 is 5.11 Å². The van der Waals surface area contributed by atoms with Crippen molar-refractivity contribution in [3.8, 4) is 0 Å². The Balaban J connectivity index is 1.97. The first kappa shape index (κ1) is 15.0. The molecule has 0 spiro atoms. The van der Waals surface area contributed by atoms with Gasteiger partial charge in [-0.1, -0.05) is 26.2 Å². The Morgan fingerprint density at radius 2 is 2.16 bits per heavy atom. The molecule has 2 rings (SSSR count). The molecule has 1 fully saturated rings. The van der Waals surface area contributed by atoms with Crippen molar-refractivity contribution in [3.05, 3.63) is 17.0 Å². The third-order valence-corrected chi connectivity index (χ3v) is 6.81. The van der Waals surface area contributed by atoms with Gasteiger partial charge in [-0.25, -0.2) is 13.1 Å². The maximum Gasteiger partial charge on any atom is 0.250 e. The Kier molecular flexibility index (Phi) is 5.00. The zero-order valence-corrected chi connectivity index (χ0v) is 12.8. The van der Waals surface area contributed by atoms with Gasteiger partial charge in [-0.3, -0.25) is 0 Å². The summed E-state index contributed by atoms with van der Waals surface area (Å²) in [6.07, 6.45) is 4.76. The number of sulfonamides is 1. The van der Waals surface area contributed by atoms with Crippen molar-refractivity contribution in [1.82, 2.24) is 4.72 Å². The van der Waals surface area contributed by atoms with Crippen molar-refractivity contribution in [2.45, 2.75) is 43.4 Å². The van der Waals surface area contributed by atoms with Gasteiger partial charge in [0.05, 0.1) is 6.61 Å². The van der Waals surface area contributed by atoms with Gasteiger partial charge in [-0.05, 0) is 35.3 Å². The number of aliphatic hydroxyl groups excluding tert-OH is 1. The predicted octanol–water partition coefficient (Wildman–Crippen LogP) is 2.35. The van der Waals surface area contributed by atoms with Crippen LogP contribution in [0.4, 0.5) is 0 Å². The van der Waals surface area contributed by atoms with E-state index >= 15 is 0 Å². The van der Waals surface area contributed by atoms with Crippen LogP contribution in [0.5, 0.6) is 0 Å². The molecule has 108 valence electrons. The summed E-state index contributed by atoms with van der Waals surface area (Å²) in [7, 11) is -3.41. The van der Waals surface area contributed by atoms with Crippen LogP contribution in [0.1, 0.15) is 38.2 Å². The fourth-order valence-corrected chi connectivity index (χ4v) is 4.90. The Labute approximate surface area is 118 Å². The number of thiophene rings is 1. The highest BCUT2D eigenvalue weighted by atomic mass is 32.2. The minimum Gasteiger partial charge on any atom is -0.392 e. The van der Waals surface area contributed by atoms with E-state index in [9.17, 15) is 8.42 Å². The van der Waals surface area contributed by atoms with Crippen molar-refractivity contribution >= 4 is 21.4 Å². The van der Waals surface area contributed by atoms with E-state index in [1.165, 1.54) is 25.3 Å². The van der Waals surface area contributed by atoms with Crippen molar-refractivity contribution in [1.29, 1.82) is 0 Å². The largest absolute Gasteiger partial charge is 0.392 e. The van der Waals surface area contributed by atoms with Gasteiger partial charge in [0.2, 0.25) is 10.0 Å². The van der Waals surface area contributed by atoms with Crippen molar-refractivity contribution in [2.75, 3.05) is 6.54 Å². The zero-order chi connectivity index (χ0) is 13.9. The van der Waals surface area contributed by atoms with E-state index in [1.807, 2.05) is 0 Å². The molecule has 1 heterocycles. The molecule has 0 saturated heterocycles. The molecule has 0 amide bonds. The lowest BCUT2D eigenvalue weighted by Gasteiger charge is -2.28. The van der Waals surface area contributed by atoms with Crippen LogP contribution in [-0.2, 0) is 16.6 Å². The average molecular weight is 303 g/mol. The third kappa shape index (κ3) is 3.78. The first-order chi connectivity index (χ1) is 9.03. The molecule has 1 aliphatic rings. The van der Waals surface area contributed by atoms with E-state index in [4.69, 9.17) is 5.11 Å². The van der Waals surface area contributed by atoms with Crippen molar-refractivity contribution in [3.63, 3.8) is 0 Å². The molecular formula is C13H21NO3S2. The molecule has 1 aromatic rings. The van der Waals surface area contributed by atoms with Gasteiger partial charge >= 0.3 is 0 Å². The minimum absolute atomic E-state index is 0.119. The molecule has 0 radical (unpaired) electrons. The number of rotatable bonds is 5. The predicted molar refractivity (Wildman–Crippen MR) is 76.6 cm³/mol. The van der Waals surface area contributed by atoms with Crippen molar-refractivity contribution < 1.29 is 13.5 Å². The normalized spacial score (nSPS) is 24.5. The summed E-state index contributed by atoms with van der Waals surface area (Å²) in [5, 5.41) is 10.7. The van der Waals surface area contributed by atoms with E-state index in [2.05, 4.69) is 11.6 Å². The fourth-order valence-electron chi connectivity index (χ4n) is 2.56. The van der Waals surface area contributed by atoms with E-state index < -0.39 is 10.0 Å². The van der Waals surface area contributed by atoms with Crippen LogP contribution in [0.15, 0.2) is 15.7 Å². The number of aliphatic hydroxyl groups is 1. The molecule has 0 aliphatic heterocycles. The quantitative estimate of drug-likeness (QED) is 0.877. The Morgan fingerprint density at radius 1 is 1.42 bits per heavy atom. The first-order valence-corrected chi connectivity index (χ1v) is 9.07. The highest BCUT2D eigenvalue weighted by molar-refractivity contribution is 7.91. The molecule has 4 nitrogen and oxygen atoms in total. The fraction of sp³-hybridized carbons (Fsp3) is 0.692. The van der Waals surface area contributed by atoms with Crippen LogP contribution >= 0.6 is 11.3 Å². The van der Waals surface area contributed by atoms with E-state index in [0.717, 1.165) is 17.8 Å². The number of hydrogen-bond acceptors (Lipinski definition) is 4. The van der Waals surface area contributed by atoms with Crippen LogP contribution < -0.4 is 4.72 Å². The zero-order valence-electron chi connectivity index (χ0n) is 11.1. The maximum absolute atomic E-state index is 12.1. The van der Waals surface area contributed by atoms with Gasteiger partial charge in [0.1, 0.15) is 4.21 Å². The summed E-state index contributed by atoms with van der Waals surface area (Å²) < 4.78 is 27.3. The molecule has 0 bridgehead atoms. The van der Waals surface area contributed by atoms with Gasteiger partial charge in [0.25, 0.3) is 0 Å². The second-order valence-corrected chi connectivity index (χ2v) is 8.21. The van der Waals surface area contributed by atoms with Crippen LogP contribution in [0.25, 0.3) is 0 Å². The van der Waals surface area contributed by atoms with Gasteiger partial charge in [-0.15, -0.1) is 11.3 Å². The third-order valence-electron chi connectivity index (χ3n) is 3.90. The van der Waals surface area contributed by atoms with Gasteiger partial charge in [0, 0.05) is 6.54 Å². The molecule has 1 saturated carbocycles. The molecule has 1 aromatic heterocycles. The second kappa shape index (κ2) is 6.35. The molecule has 2 N–H and O–H groups in total. The number of nitrogens with one attached hydrogen (secondary N) is 1. The maximum atomic E-state index is 12.1. The molecular weight excluding hydrogens is 282 g/mol. The lowest BCUT2D eigenvalue weighted by Crippen LogP contribution is -2.33. The summed E-state index contributed by atoms with van der Waals surface area (Å²) in [6.45, 7) is 2.61. The van der Waals surface area contributed by atoms with E-state index in [1.54, 1.807) is 5.38 Å². The second-order valence-electron chi connectivity index (χ2n) is 5.31. The summed E-state index contributed by atoms with van der Waals surface area (Å²) in [5.41, 5.74) is 0.649. The molecule has 19 heavy (non-hydrogen) atoms. The highest BCUT2D eigenvalue weighted by Crippen LogP contribution is 2.29. The van der Waals surface area contributed by atoms with Crippen LogP contribution in [0.3, 0.4) is 0 Å². The van der Waals surface area contributed by atoms with E-state index in [0.29, 0.717) is 28.2 Å². The van der Waals surface area contributed by atoms with Crippen molar-refractivity contribution in [2.24, 2.45) is 11.8 Å². The Hall–Kier alpha value is -0.430. The summed E-state index contributed by atoms with van der Waals surface area (Å²) in [4.78, 5) is 0. The van der Waals surface area contributed by atoms with Crippen LogP contribution in [0.2, 0.25) is 0 Å². The van der Waals surface area contributed by atoms with Crippen LogP contribution in [0, 0.1) is 11.8 Å². The topological polar surface area (TPSA) is 66.4 Å². The Bertz CT molecular complexity index is 510. The first-order valence-electron chi connectivity index (χ1n) is 6.71. The molecule has 6 heteroatoms. The summed E-state index contributed by atoms with van der Waals surface area (Å²) in [5.74, 6) is 1.04. The number of hydrogen-bond donors (Lipinski definition) is 2. The standard InChI is InChI=1S/C13H21NO3S2/c1-10-4-2-3-5-12(10)7-14-19(16,17)13-6-11(8-15)9-18-13/h6,9-10,12,14-15H,2-5,7-8H2,1H3. The van der Waals surface area contributed by atoms with Gasteiger partial charge in [-0.2, -0.15) is 0 Å². The summed E-state index contributed by atoms with van der Waals surface area (Å²) in [6, 6.07) is 1.54. The smallest absolute Gasteiger partial charge is 0.250 e. The highest BCUT2D eigenvalue weighted by Gasteiger charge is 2.24. The average Bonchev–Trinajstić information content (AvgIpc) is 2.87. The minimum atomic E-state index is -3.41. The lowest BCUT2D eigenvalue weighted by atomic mass is 9.81. The molecule has 2 atom stereocenters. The monoisotopic (exact) mass is 303 g/mol. The summed E-state index contributed by atoms with van der Waals surface area (Å²) >= 11 is 1.16. The molecule has 1 aliphatic carbocycles. The lowest BCUT2D eigenvalue weighted by molar-refractivity contribution is 0.257. The molecule has 2 unspecified atom stereocenters. The molecule has 0 aromatic carbocycles.